The number of nitriles is 1. The Morgan fingerprint density at radius 2 is 1.95 bits per heavy atom. The van der Waals surface area contributed by atoms with Crippen molar-refractivity contribution in [2.45, 2.75) is 45.1 Å². The number of hydrogen-bond donors (Lipinski definition) is 0. The lowest BCUT2D eigenvalue weighted by atomic mass is 9.95. The van der Waals surface area contributed by atoms with Crippen LogP contribution in [0.15, 0.2) is 0 Å². The molecule has 1 atom stereocenters. The predicted molar refractivity (Wildman–Crippen MR) is 76.1 cm³/mol. The summed E-state index contributed by atoms with van der Waals surface area (Å²) in [5, 5.41) is 8.95. The van der Waals surface area contributed by atoms with Gasteiger partial charge in [-0.1, -0.05) is 0 Å². The van der Waals surface area contributed by atoms with Gasteiger partial charge >= 0.3 is 6.09 Å². The number of amides is 1. The van der Waals surface area contributed by atoms with E-state index >= 15 is 0 Å². The molecule has 0 unspecified atom stereocenters. The Bertz CT molecular complexity index is 359. The lowest BCUT2D eigenvalue weighted by molar-refractivity contribution is 0.105. The van der Waals surface area contributed by atoms with Crippen molar-refractivity contribution in [3.8, 4) is 6.07 Å². The van der Waals surface area contributed by atoms with E-state index < -0.39 is 0 Å². The van der Waals surface area contributed by atoms with Gasteiger partial charge in [-0.25, -0.2) is 4.79 Å². The van der Waals surface area contributed by atoms with Gasteiger partial charge < -0.3 is 14.5 Å². The fourth-order valence-electron chi connectivity index (χ4n) is 3.23. The van der Waals surface area contributed by atoms with Crippen molar-refractivity contribution in [2.24, 2.45) is 5.92 Å². The first-order chi connectivity index (χ1) is 9.74. The zero-order chi connectivity index (χ0) is 14.4. The lowest BCUT2D eigenvalue weighted by Gasteiger charge is -2.35. The van der Waals surface area contributed by atoms with Gasteiger partial charge in [0, 0.05) is 25.0 Å². The normalized spacial score (nSPS) is 25.8. The molecule has 0 aromatic carbocycles. The predicted octanol–water partition coefficient (Wildman–Crippen LogP) is 2.23. The van der Waals surface area contributed by atoms with Crippen molar-refractivity contribution < 1.29 is 9.53 Å². The van der Waals surface area contributed by atoms with Gasteiger partial charge in [0.05, 0.1) is 12.7 Å². The summed E-state index contributed by atoms with van der Waals surface area (Å²) < 4.78 is 5.08. The van der Waals surface area contributed by atoms with E-state index in [1.807, 2.05) is 11.8 Å². The van der Waals surface area contributed by atoms with Gasteiger partial charge in [0.2, 0.25) is 0 Å². The van der Waals surface area contributed by atoms with Crippen LogP contribution in [0.25, 0.3) is 0 Å². The maximum absolute atomic E-state index is 11.8. The van der Waals surface area contributed by atoms with Gasteiger partial charge in [0.1, 0.15) is 0 Å². The first-order valence-corrected chi connectivity index (χ1v) is 7.80. The Labute approximate surface area is 121 Å². The topological polar surface area (TPSA) is 56.6 Å². The van der Waals surface area contributed by atoms with Crippen molar-refractivity contribution in [1.29, 1.82) is 5.26 Å². The number of rotatable bonds is 2. The molecule has 2 fully saturated rings. The monoisotopic (exact) mass is 279 g/mol. The van der Waals surface area contributed by atoms with Crippen molar-refractivity contribution >= 4 is 6.09 Å². The minimum absolute atomic E-state index is 0.170. The third-order valence-electron chi connectivity index (χ3n) is 4.45. The smallest absolute Gasteiger partial charge is 0.409 e. The number of hydrogen-bond acceptors (Lipinski definition) is 4. The number of likely N-dealkylation sites (tertiary alicyclic amines) is 2. The van der Waals surface area contributed by atoms with Crippen LogP contribution in [0.2, 0.25) is 0 Å². The number of nitrogens with zero attached hydrogens (tertiary/aromatic N) is 3. The molecule has 2 heterocycles. The molecule has 20 heavy (non-hydrogen) atoms. The van der Waals surface area contributed by atoms with Gasteiger partial charge in [0.15, 0.2) is 0 Å². The standard InChI is InChI=1S/C15H25N3O2/c1-2-20-15(19)18-8-3-4-14(7-11-18)17-9-5-13(12-16)6-10-17/h13-14H,2-11H2,1H3/t14-/m0/s1. The summed E-state index contributed by atoms with van der Waals surface area (Å²) in [6.07, 6.45) is 5.03. The number of ether oxygens (including phenoxy) is 1. The zero-order valence-corrected chi connectivity index (χ0v) is 12.4. The second kappa shape index (κ2) is 7.49. The van der Waals surface area contributed by atoms with E-state index in [1.54, 1.807) is 0 Å². The second-order valence-electron chi connectivity index (χ2n) is 5.71. The van der Waals surface area contributed by atoms with Crippen LogP contribution in [0.1, 0.15) is 39.0 Å². The Morgan fingerprint density at radius 1 is 1.20 bits per heavy atom. The quantitative estimate of drug-likeness (QED) is 0.778. The van der Waals surface area contributed by atoms with E-state index in [9.17, 15) is 4.79 Å². The highest BCUT2D eigenvalue weighted by molar-refractivity contribution is 5.67. The molecule has 0 spiro atoms. The molecule has 0 radical (unpaired) electrons. The number of carbonyl (C=O) groups is 1. The zero-order valence-electron chi connectivity index (χ0n) is 12.4. The van der Waals surface area contributed by atoms with Crippen molar-refractivity contribution in [3.63, 3.8) is 0 Å². The van der Waals surface area contributed by atoms with Gasteiger partial charge in [-0.3, -0.25) is 0 Å². The summed E-state index contributed by atoms with van der Waals surface area (Å²) in [6, 6.07) is 2.94. The van der Waals surface area contributed by atoms with Gasteiger partial charge in [0.25, 0.3) is 0 Å². The van der Waals surface area contributed by atoms with Crippen molar-refractivity contribution in [2.75, 3.05) is 32.8 Å². The Hall–Kier alpha value is -1.28. The van der Waals surface area contributed by atoms with E-state index in [-0.39, 0.29) is 12.0 Å². The average Bonchev–Trinajstić information content (AvgIpc) is 2.73. The van der Waals surface area contributed by atoms with Crippen LogP contribution >= 0.6 is 0 Å². The fraction of sp³-hybridized carbons (Fsp3) is 0.867. The lowest BCUT2D eigenvalue weighted by Crippen LogP contribution is -2.42. The summed E-state index contributed by atoms with van der Waals surface area (Å²) >= 11 is 0. The highest BCUT2D eigenvalue weighted by Gasteiger charge is 2.28. The maximum Gasteiger partial charge on any atom is 0.409 e. The highest BCUT2D eigenvalue weighted by Crippen LogP contribution is 2.23. The van der Waals surface area contributed by atoms with E-state index in [1.165, 1.54) is 0 Å². The third kappa shape index (κ3) is 3.86. The Kier molecular flexibility index (Phi) is 5.66. The molecular formula is C15H25N3O2. The molecule has 1 amide bonds. The Balaban J connectivity index is 1.81. The average molecular weight is 279 g/mol. The van der Waals surface area contributed by atoms with Crippen LogP contribution in [0.5, 0.6) is 0 Å². The van der Waals surface area contributed by atoms with Gasteiger partial charge in [-0.2, -0.15) is 5.26 Å². The largest absolute Gasteiger partial charge is 0.450 e. The maximum atomic E-state index is 11.8. The molecule has 0 bridgehead atoms. The molecule has 2 aliphatic rings. The summed E-state index contributed by atoms with van der Waals surface area (Å²) in [7, 11) is 0. The minimum Gasteiger partial charge on any atom is -0.450 e. The van der Waals surface area contributed by atoms with Crippen LogP contribution in [0.3, 0.4) is 0 Å². The van der Waals surface area contributed by atoms with E-state index in [0.29, 0.717) is 12.6 Å². The molecule has 0 aromatic rings. The van der Waals surface area contributed by atoms with E-state index in [4.69, 9.17) is 10.00 Å². The molecule has 5 nitrogen and oxygen atoms in total. The number of piperidine rings is 1. The van der Waals surface area contributed by atoms with E-state index in [2.05, 4.69) is 11.0 Å². The third-order valence-corrected chi connectivity index (χ3v) is 4.45. The van der Waals surface area contributed by atoms with Crippen LogP contribution in [0.4, 0.5) is 4.79 Å². The molecular weight excluding hydrogens is 254 g/mol. The van der Waals surface area contributed by atoms with Crippen LogP contribution < -0.4 is 0 Å². The highest BCUT2D eigenvalue weighted by atomic mass is 16.6. The van der Waals surface area contributed by atoms with Crippen LogP contribution in [-0.2, 0) is 4.74 Å². The first-order valence-electron chi connectivity index (χ1n) is 7.80. The molecule has 2 rings (SSSR count). The second-order valence-corrected chi connectivity index (χ2v) is 5.71. The molecule has 0 saturated carbocycles. The molecule has 0 aliphatic carbocycles. The summed E-state index contributed by atoms with van der Waals surface area (Å²) in [5.41, 5.74) is 0. The SMILES string of the molecule is CCOC(=O)N1CCC[C@H](N2CCC(C#N)CC2)CC1. The summed E-state index contributed by atoms with van der Waals surface area (Å²) in [4.78, 5) is 16.1. The molecule has 0 aromatic heterocycles. The molecule has 2 aliphatic heterocycles. The van der Waals surface area contributed by atoms with Gasteiger partial charge in [-0.15, -0.1) is 0 Å². The molecule has 5 heteroatoms. The van der Waals surface area contributed by atoms with Crippen molar-refractivity contribution in [1.82, 2.24) is 9.80 Å². The number of carbonyl (C=O) groups excluding carboxylic acids is 1. The van der Waals surface area contributed by atoms with Gasteiger partial charge in [-0.05, 0) is 52.1 Å². The molecule has 112 valence electrons. The van der Waals surface area contributed by atoms with Crippen molar-refractivity contribution in [3.05, 3.63) is 0 Å². The Morgan fingerprint density at radius 3 is 2.60 bits per heavy atom. The summed E-state index contributed by atoms with van der Waals surface area (Å²) in [5.74, 6) is 0.244. The van der Waals surface area contributed by atoms with E-state index in [0.717, 1.165) is 58.3 Å². The fourth-order valence-corrected chi connectivity index (χ4v) is 3.23. The van der Waals surface area contributed by atoms with Crippen LogP contribution in [0, 0.1) is 17.2 Å². The molecule has 2 saturated heterocycles. The summed E-state index contributed by atoms with van der Waals surface area (Å²) in [6.45, 7) is 5.95. The van der Waals surface area contributed by atoms with Crippen LogP contribution in [-0.4, -0.2) is 54.7 Å². The minimum atomic E-state index is -0.170. The molecule has 0 N–H and O–H groups in total. The first kappa shape index (κ1) is 15.1.